The van der Waals surface area contributed by atoms with Gasteiger partial charge >= 0.3 is 0 Å². The highest BCUT2D eigenvalue weighted by molar-refractivity contribution is 6.02. The summed E-state index contributed by atoms with van der Waals surface area (Å²) >= 11 is 0. The number of nitriles is 1. The molecule has 0 bridgehead atoms. The molecule has 178 valence electrons. The van der Waals surface area contributed by atoms with E-state index in [2.05, 4.69) is 65.8 Å². The van der Waals surface area contributed by atoms with Gasteiger partial charge in [0.25, 0.3) is 0 Å². The van der Waals surface area contributed by atoms with Gasteiger partial charge in [0.1, 0.15) is 30.5 Å². The van der Waals surface area contributed by atoms with Crippen LogP contribution in [0, 0.1) is 18.3 Å². The third kappa shape index (κ3) is 5.24. The second-order valence-corrected chi connectivity index (χ2v) is 8.66. The topological polar surface area (TPSA) is 66.6 Å². The Morgan fingerprint density at radius 1 is 0.861 bits per heavy atom. The molecule has 36 heavy (non-hydrogen) atoms. The molecule has 1 N–H and O–H groups in total. The van der Waals surface area contributed by atoms with Gasteiger partial charge in [-0.15, -0.1) is 0 Å². The predicted molar refractivity (Wildman–Crippen MR) is 142 cm³/mol. The van der Waals surface area contributed by atoms with E-state index in [0.29, 0.717) is 24.5 Å². The molecule has 1 aliphatic heterocycles. The Morgan fingerprint density at radius 3 is 2.53 bits per heavy atom. The second-order valence-electron chi connectivity index (χ2n) is 8.66. The number of ether oxygens (including phenoxy) is 2. The molecule has 0 amide bonds. The van der Waals surface area contributed by atoms with E-state index >= 15 is 0 Å². The number of hydrogen-bond acceptors (Lipinski definition) is 5. The van der Waals surface area contributed by atoms with E-state index in [4.69, 9.17) is 9.47 Å². The molecule has 0 radical (unpaired) electrons. The van der Waals surface area contributed by atoms with Crippen LogP contribution in [-0.4, -0.2) is 18.9 Å². The van der Waals surface area contributed by atoms with Crippen molar-refractivity contribution in [2.24, 2.45) is 4.99 Å². The van der Waals surface area contributed by atoms with Gasteiger partial charge in [0.15, 0.2) is 0 Å². The van der Waals surface area contributed by atoms with Crippen LogP contribution < -0.4 is 14.8 Å². The molecule has 0 aromatic heterocycles. The zero-order valence-corrected chi connectivity index (χ0v) is 20.2. The van der Waals surface area contributed by atoms with Gasteiger partial charge in [0, 0.05) is 12.6 Å². The van der Waals surface area contributed by atoms with Crippen LogP contribution in [0.3, 0.4) is 0 Å². The van der Waals surface area contributed by atoms with Crippen LogP contribution >= 0.6 is 0 Å². The van der Waals surface area contributed by atoms with Gasteiger partial charge in [-0.1, -0.05) is 60.7 Å². The molecule has 5 rings (SSSR count). The van der Waals surface area contributed by atoms with E-state index in [0.717, 1.165) is 41.4 Å². The average molecular weight is 474 g/mol. The Morgan fingerprint density at radius 2 is 1.72 bits per heavy atom. The van der Waals surface area contributed by atoms with Gasteiger partial charge in [-0.3, -0.25) is 4.99 Å². The van der Waals surface area contributed by atoms with E-state index in [1.807, 2.05) is 42.5 Å². The van der Waals surface area contributed by atoms with Crippen LogP contribution in [0.1, 0.15) is 27.8 Å². The first-order valence-electron chi connectivity index (χ1n) is 12.0. The molecule has 1 heterocycles. The summed E-state index contributed by atoms with van der Waals surface area (Å²) in [7, 11) is 0. The maximum absolute atomic E-state index is 9.19. The minimum absolute atomic E-state index is 0.345. The Kier molecular flexibility index (Phi) is 6.95. The molecule has 0 spiro atoms. The summed E-state index contributed by atoms with van der Waals surface area (Å²) in [4.78, 5) is 4.56. The summed E-state index contributed by atoms with van der Waals surface area (Å²) in [6, 6.07) is 32.2. The van der Waals surface area contributed by atoms with Gasteiger partial charge in [0.05, 0.1) is 23.7 Å². The summed E-state index contributed by atoms with van der Waals surface area (Å²) < 4.78 is 12.4. The molecule has 4 aromatic rings. The first-order chi connectivity index (χ1) is 17.7. The van der Waals surface area contributed by atoms with Gasteiger partial charge in [-0.25, -0.2) is 0 Å². The van der Waals surface area contributed by atoms with Crippen molar-refractivity contribution in [2.45, 2.75) is 20.1 Å². The highest BCUT2D eigenvalue weighted by Gasteiger charge is 2.16. The first kappa shape index (κ1) is 23.2. The van der Waals surface area contributed by atoms with E-state index < -0.39 is 0 Å². The largest absolute Gasteiger partial charge is 0.489 e. The minimum atomic E-state index is 0.345. The third-order valence-electron chi connectivity index (χ3n) is 6.26. The van der Waals surface area contributed by atoms with Gasteiger partial charge in [0.2, 0.25) is 0 Å². The third-order valence-corrected chi connectivity index (χ3v) is 6.26. The summed E-state index contributed by atoms with van der Waals surface area (Å²) in [5.74, 6) is 2.24. The maximum atomic E-state index is 9.19. The molecule has 5 nitrogen and oxygen atoms in total. The van der Waals surface area contributed by atoms with E-state index in [-0.39, 0.29) is 0 Å². The zero-order chi connectivity index (χ0) is 24.7. The van der Waals surface area contributed by atoms with Crippen molar-refractivity contribution in [1.82, 2.24) is 5.32 Å². The second kappa shape index (κ2) is 10.8. The number of aliphatic imine (C=N–C) groups is 1. The molecule has 0 unspecified atom stereocenters. The SMILES string of the molecule is Cc1c(COc2ccc(C3=NCCN3)c(OCc3cccc(C#N)c3)c2)cccc1-c1ccccc1. The van der Waals surface area contributed by atoms with Crippen molar-refractivity contribution in [2.75, 3.05) is 13.1 Å². The van der Waals surface area contributed by atoms with Crippen molar-refractivity contribution >= 4 is 5.84 Å². The van der Waals surface area contributed by atoms with Crippen LogP contribution in [0.25, 0.3) is 11.1 Å². The fourth-order valence-corrected chi connectivity index (χ4v) is 4.31. The molecular weight excluding hydrogens is 446 g/mol. The van der Waals surface area contributed by atoms with E-state index in [9.17, 15) is 5.26 Å². The van der Waals surface area contributed by atoms with Crippen LogP contribution in [0.4, 0.5) is 0 Å². The summed E-state index contributed by atoms with van der Waals surface area (Å²) in [6.45, 7) is 4.49. The van der Waals surface area contributed by atoms with Crippen LogP contribution in [0.2, 0.25) is 0 Å². The summed E-state index contributed by atoms with van der Waals surface area (Å²) in [5, 5.41) is 12.5. The lowest BCUT2D eigenvalue weighted by Gasteiger charge is -2.16. The highest BCUT2D eigenvalue weighted by Crippen LogP contribution is 2.29. The summed E-state index contributed by atoms with van der Waals surface area (Å²) in [5.41, 5.74) is 7.20. The van der Waals surface area contributed by atoms with Crippen LogP contribution in [0.15, 0.2) is 96.0 Å². The summed E-state index contributed by atoms with van der Waals surface area (Å²) in [6.07, 6.45) is 0. The minimum Gasteiger partial charge on any atom is -0.489 e. The number of rotatable bonds is 8. The van der Waals surface area contributed by atoms with Crippen molar-refractivity contribution in [3.8, 4) is 28.7 Å². The van der Waals surface area contributed by atoms with Crippen molar-refractivity contribution in [1.29, 1.82) is 5.26 Å². The fourth-order valence-electron chi connectivity index (χ4n) is 4.31. The predicted octanol–water partition coefficient (Wildman–Crippen LogP) is 6.04. The Bertz CT molecular complexity index is 1440. The smallest absolute Gasteiger partial charge is 0.134 e. The molecule has 5 heteroatoms. The molecule has 1 aliphatic rings. The molecular formula is C31H27N3O2. The van der Waals surface area contributed by atoms with Crippen LogP contribution in [-0.2, 0) is 13.2 Å². The highest BCUT2D eigenvalue weighted by atomic mass is 16.5. The Hall–Kier alpha value is -4.56. The number of nitrogens with one attached hydrogen (secondary N) is 1. The molecule has 0 aliphatic carbocycles. The van der Waals surface area contributed by atoms with E-state index in [1.165, 1.54) is 16.7 Å². The number of benzene rings is 4. The molecule has 4 aromatic carbocycles. The zero-order valence-electron chi connectivity index (χ0n) is 20.2. The Balaban J connectivity index is 1.36. The van der Waals surface area contributed by atoms with Gasteiger partial charge in [-0.05, 0) is 59.0 Å². The number of nitrogens with zero attached hydrogens (tertiary/aromatic N) is 2. The average Bonchev–Trinajstić information content (AvgIpc) is 3.47. The quantitative estimate of drug-likeness (QED) is 0.339. The normalized spacial score (nSPS) is 12.4. The van der Waals surface area contributed by atoms with Crippen molar-refractivity contribution in [3.63, 3.8) is 0 Å². The molecule has 0 saturated carbocycles. The number of hydrogen-bond donors (Lipinski definition) is 1. The van der Waals surface area contributed by atoms with Crippen molar-refractivity contribution in [3.05, 3.63) is 119 Å². The lowest BCUT2D eigenvalue weighted by molar-refractivity contribution is 0.289. The molecule has 0 fully saturated rings. The maximum Gasteiger partial charge on any atom is 0.134 e. The van der Waals surface area contributed by atoms with Crippen LogP contribution in [0.5, 0.6) is 11.5 Å². The monoisotopic (exact) mass is 473 g/mol. The first-order valence-corrected chi connectivity index (χ1v) is 12.0. The lowest BCUT2D eigenvalue weighted by atomic mass is 9.97. The Labute approximate surface area is 211 Å². The number of amidine groups is 1. The standard InChI is InChI=1S/C31H27N3O2/c1-22-26(11-6-12-28(22)25-9-3-2-4-10-25)21-35-27-13-14-29(31-33-15-16-34-31)30(18-27)36-20-24-8-5-7-23(17-24)19-32/h2-14,17-18H,15-16,20-21H2,1H3,(H,33,34). The van der Waals surface area contributed by atoms with Gasteiger partial charge in [-0.2, -0.15) is 5.26 Å². The lowest BCUT2D eigenvalue weighted by Crippen LogP contribution is -2.20. The van der Waals surface area contributed by atoms with Gasteiger partial charge < -0.3 is 14.8 Å². The van der Waals surface area contributed by atoms with Crippen molar-refractivity contribution < 1.29 is 9.47 Å². The molecule has 0 saturated heterocycles. The fraction of sp³-hybridized carbons (Fsp3) is 0.161. The molecule has 0 atom stereocenters. The van der Waals surface area contributed by atoms with E-state index in [1.54, 1.807) is 6.07 Å².